The fourth-order valence-corrected chi connectivity index (χ4v) is 0.739. The molecule has 0 heterocycles. The van der Waals surface area contributed by atoms with Crippen molar-refractivity contribution in [1.82, 2.24) is 0 Å². The summed E-state index contributed by atoms with van der Waals surface area (Å²) in [5.74, 6) is 0.383. The molecule has 0 spiro atoms. The Balaban J connectivity index is 0. The average Bonchev–Trinajstić information content (AvgIpc) is 2.02. The molecule has 0 amide bonds. The Bertz CT molecular complexity index is 236. The third-order valence-electron chi connectivity index (χ3n) is 1.35. The van der Waals surface area contributed by atoms with E-state index in [1.807, 2.05) is 13.8 Å². The maximum Gasteiger partial charge on any atom is 3.00 e. The minimum Gasteiger partial charge on any atom is -0.533 e. The topological polar surface area (TPSA) is 20.2 Å². The minimum atomic E-state index is 0. The van der Waals surface area contributed by atoms with Crippen LogP contribution in [-0.4, -0.2) is 5.11 Å². The summed E-state index contributed by atoms with van der Waals surface area (Å²) in [6, 6.07) is 6.44. The van der Waals surface area contributed by atoms with Crippen LogP contribution in [0.4, 0.5) is 0 Å². The van der Waals surface area contributed by atoms with E-state index in [-0.39, 0.29) is 32.7 Å². The number of hydrogen-bond donors (Lipinski definition) is 1. The van der Waals surface area contributed by atoms with Crippen molar-refractivity contribution in [2.45, 2.75) is 13.8 Å². The van der Waals surface area contributed by atoms with Crippen LogP contribution < -0.4 is 0 Å². The molecule has 0 atom stereocenters. The van der Waals surface area contributed by atoms with Gasteiger partial charge in [-0.15, -0.1) is 11.1 Å². The Morgan fingerprint density at radius 2 is 1.69 bits per heavy atom. The van der Waals surface area contributed by atoms with Crippen molar-refractivity contribution in [2.24, 2.45) is 0 Å². The van der Waals surface area contributed by atoms with Crippen LogP contribution in [0.15, 0.2) is 24.8 Å². The first-order chi connectivity index (χ1) is 5.63. The predicted octanol–water partition coefficient (Wildman–Crippen LogP) is 2.81. The van der Waals surface area contributed by atoms with Crippen molar-refractivity contribution >= 4 is 0 Å². The summed E-state index contributed by atoms with van der Waals surface area (Å²) < 4.78 is 0. The van der Waals surface area contributed by atoms with Gasteiger partial charge in [-0.2, -0.15) is 18.2 Å². The molecular formula is C11H14OY+. The van der Waals surface area contributed by atoms with Gasteiger partial charge in [-0.05, 0) is 0 Å². The standard InChI is InChI=1S/C8H9O.C3H5.Y/c1-6-4-3-5-7(2)8(6)9;1-3-2;/h4-5,9H,1-2H3;3H,1-2H2;/q2*-1;+3. The van der Waals surface area contributed by atoms with Crippen LogP contribution in [0.2, 0.25) is 0 Å². The number of allylic oxidation sites excluding steroid dienone is 1. The molecule has 1 aromatic rings. The Kier molecular flexibility index (Phi) is 9.76. The number of benzene rings is 1. The Morgan fingerprint density at radius 3 is 1.92 bits per heavy atom. The molecule has 1 rings (SSSR count). The molecule has 0 aromatic heterocycles. The zero-order valence-electron chi connectivity index (χ0n) is 8.17. The van der Waals surface area contributed by atoms with Gasteiger partial charge in [0.1, 0.15) is 0 Å². The van der Waals surface area contributed by atoms with Gasteiger partial charge in [0.25, 0.3) is 0 Å². The fraction of sp³-hybridized carbons (Fsp3) is 0.182. The summed E-state index contributed by atoms with van der Waals surface area (Å²) in [7, 11) is 0. The maximum atomic E-state index is 9.19. The van der Waals surface area contributed by atoms with E-state index in [9.17, 15) is 5.11 Å². The van der Waals surface area contributed by atoms with Crippen molar-refractivity contribution in [3.63, 3.8) is 0 Å². The van der Waals surface area contributed by atoms with Gasteiger partial charge >= 0.3 is 32.7 Å². The number of aryl methyl sites for hydroxylation is 2. The van der Waals surface area contributed by atoms with Gasteiger partial charge in [-0.1, -0.05) is 13.8 Å². The summed E-state index contributed by atoms with van der Waals surface area (Å²) >= 11 is 0. The molecule has 13 heavy (non-hydrogen) atoms. The second-order valence-electron chi connectivity index (χ2n) is 2.46. The molecule has 0 saturated carbocycles. The molecule has 0 unspecified atom stereocenters. The molecular weight excluding hydrogens is 237 g/mol. The van der Waals surface area contributed by atoms with Crippen molar-refractivity contribution in [2.75, 3.05) is 0 Å². The van der Waals surface area contributed by atoms with Gasteiger partial charge in [0.05, 0.1) is 0 Å². The van der Waals surface area contributed by atoms with Gasteiger partial charge in [-0.25, -0.2) is 19.6 Å². The normalized spacial score (nSPS) is 7.54. The molecule has 0 aliphatic heterocycles. The van der Waals surface area contributed by atoms with E-state index in [2.05, 4.69) is 19.6 Å². The third kappa shape index (κ3) is 5.89. The summed E-state index contributed by atoms with van der Waals surface area (Å²) in [6.07, 6.45) is 1.50. The second-order valence-corrected chi connectivity index (χ2v) is 2.46. The Labute approximate surface area is 106 Å². The fourth-order valence-electron chi connectivity index (χ4n) is 0.739. The summed E-state index contributed by atoms with van der Waals surface area (Å²) in [4.78, 5) is 0. The van der Waals surface area contributed by atoms with Gasteiger partial charge < -0.3 is 5.11 Å². The van der Waals surface area contributed by atoms with Crippen molar-refractivity contribution < 1.29 is 37.8 Å². The molecule has 66 valence electrons. The van der Waals surface area contributed by atoms with E-state index in [4.69, 9.17) is 0 Å². The molecule has 2 heteroatoms. The third-order valence-corrected chi connectivity index (χ3v) is 1.35. The average molecular weight is 251 g/mol. The zero-order valence-corrected chi connectivity index (χ0v) is 11.0. The predicted molar refractivity (Wildman–Crippen MR) is 52.0 cm³/mol. The largest absolute Gasteiger partial charge is 3.00 e. The molecule has 0 radical (unpaired) electrons. The molecule has 0 bridgehead atoms. The SMILES string of the molecule is C=C[CH2-].Cc1c[c-]cc(C)c1O.[Y+3]. The van der Waals surface area contributed by atoms with Crippen LogP contribution in [-0.2, 0) is 32.7 Å². The summed E-state index contributed by atoms with van der Waals surface area (Å²) in [5.41, 5.74) is 1.77. The van der Waals surface area contributed by atoms with Gasteiger partial charge in [0.2, 0.25) is 0 Å². The monoisotopic (exact) mass is 251 g/mol. The zero-order chi connectivity index (χ0) is 9.56. The molecule has 0 fully saturated rings. The van der Waals surface area contributed by atoms with E-state index in [1.165, 1.54) is 6.08 Å². The van der Waals surface area contributed by atoms with E-state index >= 15 is 0 Å². The van der Waals surface area contributed by atoms with E-state index in [0.717, 1.165) is 11.1 Å². The number of rotatable bonds is 0. The van der Waals surface area contributed by atoms with Crippen LogP contribution in [0.3, 0.4) is 0 Å². The van der Waals surface area contributed by atoms with Crippen LogP contribution >= 0.6 is 0 Å². The quantitative estimate of drug-likeness (QED) is 0.703. The number of phenols is 1. The first kappa shape index (κ1) is 15.2. The maximum absolute atomic E-state index is 9.19. The van der Waals surface area contributed by atoms with Crippen LogP contribution in [0.5, 0.6) is 5.75 Å². The number of phenolic OH excluding ortho intramolecular Hbond substituents is 1. The molecule has 0 aliphatic rings. The molecule has 1 N–H and O–H groups in total. The Morgan fingerprint density at radius 1 is 1.38 bits per heavy atom. The van der Waals surface area contributed by atoms with E-state index in [0.29, 0.717) is 5.75 Å². The molecule has 1 nitrogen and oxygen atoms in total. The van der Waals surface area contributed by atoms with Crippen molar-refractivity contribution in [3.8, 4) is 5.75 Å². The smallest absolute Gasteiger partial charge is 0.533 e. The van der Waals surface area contributed by atoms with Crippen molar-refractivity contribution in [1.29, 1.82) is 0 Å². The van der Waals surface area contributed by atoms with Crippen LogP contribution in [0.25, 0.3) is 0 Å². The van der Waals surface area contributed by atoms with Gasteiger partial charge in [0.15, 0.2) is 0 Å². The Hall–Kier alpha value is -0.266. The minimum absolute atomic E-state index is 0. The van der Waals surface area contributed by atoms with E-state index < -0.39 is 0 Å². The summed E-state index contributed by atoms with van der Waals surface area (Å²) in [6.45, 7) is 10.2. The molecule has 0 aliphatic carbocycles. The van der Waals surface area contributed by atoms with E-state index in [1.54, 1.807) is 12.1 Å². The van der Waals surface area contributed by atoms with Gasteiger partial charge in [0, 0.05) is 5.75 Å². The summed E-state index contributed by atoms with van der Waals surface area (Å²) in [5, 5.41) is 9.19. The number of hydrogen-bond acceptors (Lipinski definition) is 1. The number of aromatic hydroxyl groups is 1. The van der Waals surface area contributed by atoms with Crippen molar-refractivity contribution in [3.05, 3.63) is 48.9 Å². The first-order valence-corrected chi connectivity index (χ1v) is 3.69. The molecule has 0 saturated heterocycles. The first-order valence-electron chi connectivity index (χ1n) is 3.69. The van der Waals surface area contributed by atoms with Crippen LogP contribution in [0, 0.1) is 26.8 Å². The van der Waals surface area contributed by atoms with Crippen LogP contribution in [0.1, 0.15) is 11.1 Å². The second kappa shape index (κ2) is 8.34. The van der Waals surface area contributed by atoms with Gasteiger partial charge in [-0.3, -0.25) is 0 Å². The molecule has 1 aromatic carbocycles.